The molecule has 3 rings (SSSR count). The molecule has 0 aliphatic heterocycles. The lowest BCUT2D eigenvalue weighted by Crippen LogP contribution is -2.14. The van der Waals surface area contributed by atoms with Crippen molar-refractivity contribution in [2.75, 3.05) is 16.6 Å². The highest BCUT2D eigenvalue weighted by atomic mass is 35.5. The molecule has 3 aromatic carbocycles. The van der Waals surface area contributed by atoms with Crippen LogP contribution in [0.5, 0.6) is 5.75 Å². The number of nitrogens with one attached hydrogen (secondary N) is 2. The van der Waals surface area contributed by atoms with Crippen LogP contribution < -0.4 is 14.8 Å². The van der Waals surface area contributed by atoms with E-state index in [4.69, 9.17) is 16.3 Å². The summed E-state index contributed by atoms with van der Waals surface area (Å²) >= 11 is 6.01. The molecule has 0 atom stereocenters. The summed E-state index contributed by atoms with van der Waals surface area (Å²) < 4.78 is 33.1. The Kier molecular flexibility index (Phi) is 7.55. The highest BCUT2D eigenvalue weighted by molar-refractivity contribution is 7.92. The van der Waals surface area contributed by atoms with Gasteiger partial charge in [0, 0.05) is 12.1 Å². The van der Waals surface area contributed by atoms with Gasteiger partial charge in [-0.25, -0.2) is 8.42 Å². The van der Waals surface area contributed by atoms with Gasteiger partial charge in [0.25, 0.3) is 10.0 Å². The third kappa shape index (κ3) is 6.73. The number of benzene rings is 3. The fourth-order valence-corrected chi connectivity index (χ4v) is 4.06. The maximum absolute atomic E-state index is 12.5. The molecule has 0 aliphatic carbocycles. The maximum Gasteiger partial charge on any atom is 0.261 e. The Morgan fingerprint density at radius 3 is 2.32 bits per heavy atom. The van der Waals surface area contributed by atoms with Gasteiger partial charge in [-0.2, -0.15) is 0 Å². The molecule has 0 heterocycles. The van der Waals surface area contributed by atoms with Crippen LogP contribution in [0.1, 0.15) is 18.4 Å². The number of aryl methyl sites for hydroxylation is 1. The summed E-state index contributed by atoms with van der Waals surface area (Å²) in [6.45, 7) is 2.44. The summed E-state index contributed by atoms with van der Waals surface area (Å²) in [5, 5.41) is 3.06. The van der Waals surface area contributed by atoms with E-state index < -0.39 is 10.0 Å². The van der Waals surface area contributed by atoms with Crippen molar-refractivity contribution < 1.29 is 17.9 Å². The molecule has 6 nitrogen and oxygen atoms in total. The number of rotatable bonds is 9. The first-order chi connectivity index (χ1) is 14.8. The first-order valence-electron chi connectivity index (χ1n) is 9.70. The zero-order valence-corrected chi connectivity index (χ0v) is 18.5. The van der Waals surface area contributed by atoms with Crippen molar-refractivity contribution in [3.63, 3.8) is 0 Å². The van der Waals surface area contributed by atoms with Crippen molar-refractivity contribution in [2.45, 2.75) is 24.7 Å². The van der Waals surface area contributed by atoms with Gasteiger partial charge in [-0.3, -0.25) is 9.52 Å². The van der Waals surface area contributed by atoms with Crippen molar-refractivity contribution >= 4 is 38.9 Å². The first-order valence-corrected chi connectivity index (χ1v) is 11.6. The number of ether oxygens (including phenoxy) is 1. The number of halogens is 1. The maximum atomic E-state index is 12.5. The summed E-state index contributed by atoms with van der Waals surface area (Å²) in [4.78, 5) is 12.2. The van der Waals surface area contributed by atoms with Gasteiger partial charge in [0.15, 0.2) is 0 Å². The van der Waals surface area contributed by atoms with E-state index in [0.717, 1.165) is 11.3 Å². The van der Waals surface area contributed by atoms with Crippen molar-refractivity contribution in [1.82, 2.24) is 0 Å². The number of amides is 1. The van der Waals surface area contributed by atoms with Crippen LogP contribution >= 0.6 is 11.6 Å². The summed E-state index contributed by atoms with van der Waals surface area (Å²) in [6.07, 6.45) is 0.855. The van der Waals surface area contributed by atoms with Crippen LogP contribution in [0.15, 0.2) is 77.7 Å². The first kappa shape index (κ1) is 22.7. The number of anilines is 2. The lowest BCUT2D eigenvalue weighted by atomic mass is 10.2. The molecule has 0 aliphatic rings. The Hall–Kier alpha value is -3.03. The molecule has 162 valence electrons. The standard InChI is InChI=1S/C23H23ClN2O4S/c1-17-8-12-19(13-9-17)30-16-4-7-23(27)25-18-10-14-20(15-11-18)31(28,29)26-22-6-3-2-5-21(22)24/h2-3,5-6,8-15,26H,4,7,16H2,1H3,(H,25,27). The van der Waals surface area contributed by atoms with Gasteiger partial charge in [0.2, 0.25) is 5.91 Å². The third-order valence-electron chi connectivity index (χ3n) is 4.40. The van der Waals surface area contributed by atoms with Gasteiger partial charge >= 0.3 is 0 Å². The van der Waals surface area contributed by atoms with E-state index in [1.165, 1.54) is 12.1 Å². The van der Waals surface area contributed by atoms with Crippen LogP contribution in [-0.4, -0.2) is 20.9 Å². The number of sulfonamides is 1. The summed E-state index contributed by atoms with van der Waals surface area (Å²) in [7, 11) is -3.79. The van der Waals surface area contributed by atoms with Crippen LogP contribution in [0.3, 0.4) is 0 Å². The molecule has 31 heavy (non-hydrogen) atoms. The van der Waals surface area contributed by atoms with Crippen molar-refractivity contribution in [3.05, 3.63) is 83.4 Å². The van der Waals surface area contributed by atoms with Crippen molar-refractivity contribution in [3.8, 4) is 5.75 Å². The normalized spacial score (nSPS) is 11.0. The Morgan fingerprint density at radius 2 is 1.65 bits per heavy atom. The van der Waals surface area contributed by atoms with E-state index in [1.54, 1.807) is 36.4 Å². The lowest BCUT2D eigenvalue weighted by molar-refractivity contribution is -0.116. The van der Waals surface area contributed by atoms with E-state index in [0.29, 0.717) is 35.8 Å². The SMILES string of the molecule is Cc1ccc(OCCCC(=O)Nc2ccc(S(=O)(=O)Nc3ccccc3Cl)cc2)cc1. The molecule has 0 unspecified atom stereocenters. The zero-order valence-electron chi connectivity index (χ0n) is 17.0. The Labute approximate surface area is 187 Å². The van der Waals surface area contributed by atoms with Gasteiger partial charge < -0.3 is 10.1 Å². The number of hydrogen-bond donors (Lipinski definition) is 2. The van der Waals surface area contributed by atoms with E-state index in [2.05, 4.69) is 10.0 Å². The fraction of sp³-hybridized carbons (Fsp3) is 0.174. The Balaban J connectivity index is 1.48. The molecule has 0 bridgehead atoms. The van der Waals surface area contributed by atoms with Crippen LogP contribution in [0.4, 0.5) is 11.4 Å². The minimum absolute atomic E-state index is 0.0666. The Bertz CT molecular complexity index is 1130. The van der Waals surface area contributed by atoms with Crippen LogP contribution in [0.2, 0.25) is 5.02 Å². The minimum atomic E-state index is -3.79. The highest BCUT2D eigenvalue weighted by Gasteiger charge is 2.15. The largest absolute Gasteiger partial charge is 0.494 e. The van der Waals surface area contributed by atoms with Gasteiger partial charge in [-0.15, -0.1) is 0 Å². The van der Waals surface area contributed by atoms with Gasteiger partial charge in [-0.05, 0) is 61.9 Å². The monoisotopic (exact) mass is 458 g/mol. The molecule has 0 radical (unpaired) electrons. The Morgan fingerprint density at radius 1 is 0.968 bits per heavy atom. The van der Waals surface area contributed by atoms with E-state index in [9.17, 15) is 13.2 Å². The lowest BCUT2D eigenvalue weighted by Gasteiger charge is -2.11. The molecule has 3 aromatic rings. The topological polar surface area (TPSA) is 84.5 Å². The van der Waals surface area contributed by atoms with Gasteiger partial charge in [0.1, 0.15) is 5.75 Å². The summed E-state index contributed by atoms with van der Waals surface area (Å²) in [5.74, 6) is 0.602. The molecular weight excluding hydrogens is 436 g/mol. The third-order valence-corrected chi connectivity index (χ3v) is 6.12. The van der Waals surface area contributed by atoms with Crippen LogP contribution in [0.25, 0.3) is 0 Å². The molecule has 0 fully saturated rings. The zero-order chi connectivity index (χ0) is 22.3. The predicted octanol–water partition coefficient (Wildman–Crippen LogP) is 5.25. The second-order valence-corrected chi connectivity index (χ2v) is 9.01. The average Bonchev–Trinajstić information content (AvgIpc) is 2.74. The van der Waals surface area contributed by atoms with Gasteiger partial charge in [-0.1, -0.05) is 41.4 Å². The number of hydrogen-bond acceptors (Lipinski definition) is 4. The summed E-state index contributed by atoms with van der Waals surface area (Å²) in [6, 6.07) is 20.2. The molecule has 0 saturated heterocycles. The number of para-hydroxylation sites is 1. The van der Waals surface area contributed by atoms with Crippen molar-refractivity contribution in [1.29, 1.82) is 0 Å². The predicted molar refractivity (Wildman–Crippen MR) is 123 cm³/mol. The van der Waals surface area contributed by atoms with Gasteiger partial charge in [0.05, 0.1) is 22.2 Å². The molecular formula is C23H23ClN2O4S. The molecule has 0 aromatic heterocycles. The second kappa shape index (κ2) is 10.3. The quantitative estimate of drug-likeness (QED) is 0.429. The van der Waals surface area contributed by atoms with E-state index in [1.807, 2.05) is 31.2 Å². The number of carbonyl (C=O) groups excluding carboxylic acids is 1. The molecule has 0 saturated carbocycles. The molecule has 8 heteroatoms. The smallest absolute Gasteiger partial charge is 0.261 e. The van der Waals surface area contributed by atoms with E-state index in [-0.39, 0.29) is 10.8 Å². The van der Waals surface area contributed by atoms with Crippen LogP contribution in [-0.2, 0) is 14.8 Å². The fourth-order valence-electron chi connectivity index (χ4n) is 2.75. The highest BCUT2D eigenvalue weighted by Crippen LogP contribution is 2.24. The summed E-state index contributed by atoms with van der Waals surface area (Å²) in [5.41, 5.74) is 1.97. The second-order valence-electron chi connectivity index (χ2n) is 6.92. The molecule has 1 amide bonds. The number of carbonyl (C=O) groups is 1. The van der Waals surface area contributed by atoms with Crippen LogP contribution in [0, 0.1) is 6.92 Å². The average molecular weight is 459 g/mol. The van der Waals surface area contributed by atoms with Crippen molar-refractivity contribution in [2.24, 2.45) is 0 Å². The molecule has 0 spiro atoms. The molecule has 2 N–H and O–H groups in total. The van der Waals surface area contributed by atoms with E-state index >= 15 is 0 Å². The minimum Gasteiger partial charge on any atom is -0.494 e.